The average Bonchev–Trinajstić information content (AvgIpc) is 2.80. The number of aliphatic imine (C=N–C) groups is 1. The van der Waals surface area contributed by atoms with E-state index >= 15 is 0 Å². The fourth-order valence-electron chi connectivity index (χ4n) is 2.75. The number of hydrogen-bond acceptors (Lipinski definition) is 7. The lowest BCUT2D eigenvalue weighted by Crippen LogP contribution is -2.44. The Morgan fingerprint density at radius 2 is 1.61 bits per heavy atom. The van der Waals surface area contributed by atoms with Gasteiger partial charge in [0, 0.05) is 17.5 Å². The summed E-state index contributed by atoms with van der Waals surface area (Å²) in [5, 5.41) is 22.4. The zero-order valence-corrected chi connectivity index (χ0v) is 18.5. The number of aliphatic carboxylic acids is 2. The molecule has 2 aromatic carbocycles. The second-order valence-electron chi connectivity index (χ2n) is 7.15. The molecule has 2 atom stereocenters. The molecule has 0 saturated heterocycles. The molecule has 0 aromatic heterocycles. The topological polar surface area (TPSA) is 142 Å². The Morgan fingerprint density at radius 3 is 2.12 bits per heavy atom. The molecule has 0 aliphatic heterocycles. The number of benzene rings is 2. The van der Waals surface area contributed by atoms with Gasteiger partial charge < -0.3 is 20.3 Å². The first kappa shape index (κ1) is 25.4. The van der Waals surface area contributed by atoms with Crippen LogP contribution in [0, 0.1) is 5.92 Å². The molecule has 0 heterocycles. The maximum Gasteiger partial charge on any atom is 0.326 e. The molecule has 0 aliphatic carbocycles. The van der Waals surface area contributed by atoms with Gasteiger partial charge in [-0.15, -0.1) is 0 Å². The number of rotatable bonds is 12. The molecule has 33 heavy (non-hydrogen) atoms. The van der Waals surface area contributed by atoms with E-state index in [0.29, 0.717) is 22.6 Å². The van der Waals surface area contributed by atoms with E-state index in [1.165, 1.54) is 0 Å². The lowest BCUT2D eigenvalue weighted by molar-refractivity contribution is -0.143. The lowest BCUT2D eigenvalue weighted by Gasteiger charge is -2.18. The maximum atomic E-state index is 12.6. The van der Waals surface area contributed by atoms with Crippen molar-refractivity contribution in [3.05, 3.63) is 59.7 Å². The molecular formula is C23H22N2O7S. The Bertz CT molecular complexity index is 1060. The van der Waals surface area contributed by atoms with Crippen LogP contribution in [0.1, 0.15) is 35.7 Å². The minimum absolute atomic E-state index is 0.0355. The molecule has 2 unspecified atom stereocenters. The van der Waals surface area contributed by atoms with E-state index in [4.69, 9.17) is 14.9 Å². The Balaban J connectivity index is 1.91. The number of hydrogen-bond donors (Lipinski definition) is 3. The predicted molar refractivity (Wildman–Crippen MR) is 122 cm³/mol. The molecule has 0 bridgehead atoms. The van der Waals surface area contributed by atoms with Crippen molar-refractivity contribution in [2.45, 2.75) is 25.8 Å². The largest absolute Gasteiger partial charge is 0.493 e. The van der Waals surface area contributed by atoms with Crippen LogP contribution < -0.4 is 10.1 Å². The van der Waals surface area contributed by atoms with Crippen LogP contribution in [0.3, 0.4) is 0 Å². The summed E-state index contributed by atoms with van der Waals surface area (Å²) in [6.45, 7) is 1.52. The summed E-state index contributed by atoms with van der Waals surface area (Å²) in [5.74, 6) is -3.47. The van der Waals surface area contributed by atoms with Crippen LogP contribution in [-0.4, -0.2) is 51.7 Å². The number of ketones is 1. The van der Waals surface area contributed by atoms with Gasteiger partial charge in [0.1, 0.15) is 11.8 Å². The molecule has 1 amide bonds. The summed E-state index contributed by atoms with van der Waals surface area (Å²) >= 11 is 4.55. The first-order valence-electron chi connectivity index (χ1n) is 9.91. The Morgan fingerprint density at radius 1 is 1.03 bits per heavy atom. The van der Waals surface area contributed by atoms with E-state index < -0.39 is 29.8 Å². The third-order valence-electron chi connectivity index (χ3n) is 4.63. The van der Waals surface area contributed by atoms with Crippen LogP contribution in [0.15, 0.2) is 53.5 Å². The standard InChI is InChI=1S/C23H22N2O7S/c1-14(22(29)25-19(23(30)31)10-11-20(26)27)12-32-18-8-4-16(5-9-18)21(28)15-2-6-17(7-3-15)24-13-33/h2-9,14,19H,10-12H2,1H3,(H,25,29)(H,26,27)(H,30,31). The van der Waals surface area contributed by atoms with Crippen LogP contribution in [-0.2, 0) is 14.4 Å². The Hall–Kier alpha value is -3.88. The number of amides is 1. The maximum absolute atomic E-state index is 12.6. The van der Waals surface area contributed by atoms with Gasteiger partial charge in [-0.25, -0.2) is 4.79 Å². The van der Waals surface area contributed by atoms with Gasteiger partial charge in [-0.05, 0) is 67.2 Å². The van der Waals surface area contributed by atoms with Gasteiger partial charge in [0.05, 0.1) is 23.4 Å². The van der Waals surface area contributed by atoms with Gasteiger partial charge in [0.25, 0.3) is 0 Å². The number of ether oxygens (including phenoxy) is 1. The molecule has 0 saturated carbocycles. The van der Waals surface area contributed by atoms with Gasteiger partial charge in [-0.1, -0.05) is 6.92 Å². The number of carbonyl (C=O) groups is 4. The first-order valence-corrected chi connectivity index (χ1v) is 10.3. The molecule has 0 spiro atoms. The Kier molecular flexibility index (Phi) is 9.41. The van der Waals surface area contributed by atoms with Crippen molar-refractivity contribution in [1.82, 2.24) is 5.32 Å². The number of nitrogens with zero attached hydrogens (tertiary/aromatic N) is 1. The summed E-state index contributed by atoms with van der Waals surface area (Å²) < 4.78 is 5.57. The summed E-state index contributed by atoms with van der Waals surface area (Å²) in [7, 11) is 0. The molecule has 2 rings (SSSR count). The van der Waals surface area contributed by atoms with Crippen molar-refractivity contribution >= 4 is 46.7 Å². The summed E-state index contributed by atoms with van der Waals surface area (Å²) in [5.41, 5.74) is 1.52. The van der Waals surface area contributed by atoms with Crippen LogP contribution in [0.25, 0.3) is 0 Å². The van der Waals surface area contributed by atoms with Crippen LogP contribution in [0.5, 0.6) is 5.75 Å². The van der Waals surface area contributed by atoms with Gasteiger partial charge in [-0.3, -0.25) is 14.4 Å². The summed E-state index contributed by atoms with van der Waals surface area (Å²) in [6.07, 6.45) is -0.597. The molecule has 0 aliphatic rings. The van der Waals surface area contributed by atoms with E-state index in [9.17, 15) is 19.2 Å². The number of carboxylic acids is 2. The summed E-state index contributed by atoms with van der Waals surface area (Å²) in [6, 6.07) is 11.7. The van der Waals surface area contributed by atoms with E-state index in [1.54, 1.807) is 55.5 Å². The SMILES string of the molecule is CC(COc1ccc(C(=O)c2ccc(N=C=S)cc2)cc1)C(=O)NC(CCC(=O)O)C(=O)O. The highest BCUT2D eigenvalue weighted by Crippen LogP contribution is 2.18. The first-order chi connectivity index (χ1) is 15.7. The van der Waals surface area contributed by atoms with Gasteiger partial charge in [-0.2, -0.15) is 4.99 Å². The highest BCUT2D eigenvalue weighted by atomic mass is 32.1. The fraction of sp³-hybridized carbons (Fsp3) is 0.261. The van der Waals surface area contributed by atoms with Crippen molar-refractivity contribution in [3.8, 4) is 5.75 Å². The molecule has 10 heteroatoms. The minimum atomic E-state index is -1.31. The monoisotopic (exact) mass is 470 g/mol. The second kappa shape index (κ2) is 12.2. The highest BCUT2D eigenvalue weighted by molar-refractivity contribution is 7.78. The van der Waals surface area contributed by atoms with Crippen molar-refractivity contribution in [2.24, 2.45) is 10.9 Å². The van der Waals surface area contributed by atoms with E-state index in [2.05, 4.69) is 27.7 Å². The number of nitrogens with one attached hydrogen (secondary N) is 1. The number of carbonyl (C=O) groups excluding carboxylic acids is 2. The zero-order valence-electron chi connectivity index (χ0n) is 17.7. The summed E-state index contributed by atoms with van der Waals surface area (Å²) in [4.78, 5) is 50.5. The average molecular weight is 471 g/mol. The molecular weight excluding hydrogens is 448 g/mol. The number of isothiocyanates is 1. The zero-order chi connectivity index (χ0) is 24.4. The Labute approximate surface area is 195 Å². The fourth-order valence-corrected chi connectivity index (χ4v) is 2.85. The van der Waals surface area contributed by atoms with Gasteiger partial charge >= 0.3 is 11.9 Å². The quantitative estimate of drug-likeness (QED) is 0.244. The van der Waals surface area contributed by atoms with Gasteiger partial charge in [0.2, 0.25) is 5.91 Å². The van der Waals surface area contributed by atoms with E-state index in [0.717, 1.165) is 0 Å². The second-order valence-corrected chi connectivity index (χ2v) is 7.33. The van der Waals surface area contributed by atoms with Crippen LogP contribution in [0.2, 0.25) is 0 Å². The molecule has 172 valence electrons. The normalized spacial score (nSPS) is 12.0. The molecule has 0 fully saturated rings. The van der Waals surface area contributed by atoms with Crippen LogP contribution >= 0.6 is 12.2 Å². The van der Waals surface area contributed by atoms with Crippen molar-refractivity contribution in [1.29, 1.82) is 0 Å². The molecule has 9 nitrogen and oxygen atoms in total. The molecule has 0 radical (unpaired) electrons. The third-order valence-corrected chi connectivity index (χ3v) is 4.72. The van der Waals surface area contributed by atoms with Crippen LogP contribution in [0.4, 0.5) is 5.69 Å². The lowest BCUT2D eigenvalue weighted by atomic mass is 10.0. The van der Waals surface area contributed by atoms with Crippen molar-refractivity contribution in [3.63, 3.8) is 0 Å². The van der Waals surface area contributed by atoms with Crippen molar-refractivity contribution < 1.29 is 34.1 Å². The smallest absolute Gasteiger partial charge is 0.326 e. The molecule has 2 aromatic rings. The predicted octanol–water partition coefficient (Wildman–Crippen LogP) is 3.10. The van der Waals surface area contributed by atoms with Gasteiger partial charge in [0.15, 0.2) is 5.78 Å². The minimum Gasteiger partial charge on any atom is -0.493 e. The van der Waals surface area contributed by atoms with E-state index in [1.807, 2.05) is 0 Å². The third kappa shape index (κ3) is 7.95. The van der Waals surface area contributed by atoms with E-state index in [-0.39, 0.29) is 25.2 Å². The number of thiocarbonyl (C=S) groups is 1. The van der Waals surface area contributed by atoms with Crippen molar-refractivity contribution in [2.75, 3.05) is 6.61 Å². The number of carboxylic acid groups (broad SMARTS) is 2. The highest BCUT2D eigenvalue weighted by Gasteiger charge is 2.24. The molecule has 3 N–H and O–H groups in total.